The molecule has 118 heavy (non-hydrogen) atoms. The lowest BCUT2D eigenvalue weighted by molar-refractivity contribution is 0.263. The smallest absolute Gasteiger partial charge is 0.103 e. The van der Waals surface area contributed by atoms with Crippen molar-refractivity contribution < 1.29 is 13.7 Å². The number of anilines is 10. The van der Waals surface area contributed by atoms with Crippen LogP contribution in [0.4, 0.5) is 56.9 Å². The minimum atomic E-state index is -2.78. The van der Waals surface area contributed by atoms with Crippen LogP contribution in [0, 0.1) is 69.2 Å². The number of rotatable bonds is 16. The standard InChI is InChI=1S/C22H34N4.2C20H30N4.2C18H26N4/c1-15(2)23-9-11-25(19(23)7)21-13-17(5)14-22(18(21)6)26-12-10-24(16(3)4)20(26)8;2*1-7-21-9-11-23(17(21)5)19-13-15(3)14-20(16(19)4)24-12-10-22(8-2)18(24)6;2*1-13-11-17(21-9-7-19(5)15(21)3)14(2)18(12-13)22-10-8-20(6)16(22)4/h9-16,19-20H,1-8H3;2*9-14,17-18H,7-8H2,1-6H3;2*7-12,15-16H,1-6H3/t19-,20+;2*17-,18+;2*15-,16+/i;1D3,7D2,8D2;;5D3;/m.0.0./s1. The zero-order valence-electron chi connectivity index (χ0n) is 86.6. The summed E-state index contributed by atoms with van der Waals surface area (Å²) in [6, 6.07) is 23.1. The van der Waals surface area contributed by atoms with Gasteiger partial charge in [0.1, 0.15) is 61.7 Å². The molecule has 0 saturated carbocycles. The van der Waals surface area contributed by atoms with Crippen LogP contribution in [0.15, 0.2) is 185 Å². The Kier molecular flexibility index (Phi) is 23.4. The van der Waals surface area contributed by atoms with Gasteiger partial charge in [0.15, 0.2) is 0 Å². The predicted octanol–water partition coefficient (Wildman–Crippen LogP) is 20.3. The number of nitrogens with zero attached hydrogens (tertiary/aromatic N) is 20. The van der Waals surface area contributed by atoms with Gasteiger partial charge in [-0.3, -0.25) is 0 Å². The Morgan fingerprint density at radius 2 is 0.449 bits per heavy atom. The highest BCUT2D eigenvalue weighted by molar-refractivity contribution is 5.77. The van der Waals surface area contributed by atoms with Crippen molar-refractivity contribution >= 4 is 56.9 Å². The molecule has 638 valence electrons. The number of aryl methyl sites for hydroxylation is 5. The van der Waals surface area contributed by atoms with Crippen LogP contribution in [-0.4, -0.2) is 177 Å². The monoisotopic (exact) mass is 1610 g/mol. The number of hydrogen-bond acceptors (Lipinski definition) is 20. The maximum atomic E-state index is 8.13. The quantitative estimate of drug-likeness (QED) is 0.0941. The molecule has 5 aromatic rings. The van der Waals surface area contributed by atoms with E-state index in [2.05, 4.69) is 370 Å². The third-order valence-corrected chi connectivity index (χ3v) is 25.6. The van der Waals surface area contributed by atoms with Crippen molar-refractivity contribution in [3.8, 4) is 0 Å². The molecule has 0 unspecified atom stereocenters. The van der Waals surface area contributed by atoms with Gasteiger partial charge in [-0.25, -0.2) is 0 Å². The fraction of sp³-hybridized carbons (Fsp3) is 0.490. The summed E-state index contributed by atoms with van der Waals surface area (Å²) in [5.41, 5.74) is 23.9. The van der Waals surface area contributed by atoms with Crippen LogP contribution in [0.25, 0.3) is 0 Å². The highest BCUT2D eigenvalue weighted by Crippen LogP contribution is 2.44. The Morgan fingerprint density at radius 1 is 0.254 bits per heavy atom. The van der Waals surface area contributed by atoms with Crippen molar-refractivity contribution in [1.29, 1.82) is 0 Å². The first-order valence-electron chi connectivity index (χ1n) is 47.6. The second-order valence-corrected chi connectivity index (χ2v) is 33.8. The van der Waals surface area contributed by atoms with E-state index in [0.29, 0.717) is 49.1 Å². The molecule has 0 saturated heterocycles. The molecule has 20 nitrogen and oxygen atoms in total. The second-order valence-electron chi connectivity index (χ2n) is 33.8. The maximum absolute atomic E-state index is 8.13. The second kappa shape index (κ2) is 36.8. The van der Waals surface area contributed by atoms with Crippen molar-refractivity contribution in [1.82, 2.24) is 49.0 Å². The lowest BCUT2D eigenvalue weighted by Gasteiger charge is -2.36. The van der Waals surface area contributed by atoms with Crippen molar-refractivity contribution in [3.63, 3.8) is 0 Å². The van der Waals surface area contributed by atoms with E-state index >= 15 is 0 Å². The van der Waals surface area contributed by atoms with Gasteiger partial charge in [-0.1, -0.05) is 0 Å². The van der Waals surface area contributed by atoms with E-state index in [1.807, 2.05) is 66.9 Å². The third kappa shape index (κ3) is 17.6. The van der Waals surface area contributed by atoms with Crippen LogP contribution in [0.2, 0.25) is 0 Å². The Bertz CT molecular complexity index is 4940. The largest absolute Gasteiger partial charge is 0.359 e. The molecule has 10 atom stereocenters. The molecule has 15 rings (SSSR count). The van der Waals surface area contributed by atoms with E-state index < -0.39 is 33.0 Å². The highest BCUT2D eigenvalue weighted by atomic mass is 15.5. The minimum absolute atomic E-state index is 0.221. The summed E-state index contributed by atoms with van der Waals surface area (Å²) < 4.78 is 78.2. The summed E-state index contributed by atoms with van der Waals surface area (Å²) in [7, 11) is 6.30. The number of benzene rings is 5. The lowest BCUT2D eigenvalue weighted by atomic mass is 10.1. The van der Waals surface area contributed by atoms with Crippen LogP contribution in [-0.2, 0) is 0 Å². The predicted molar refractivity (Wildman–Crippen MR) is 505 cm³/mol. The van der Waals surface area contributed by atoms with Gasteiger partial charge in [0, 0.05) is 261 Å². The Balaban J connectivity index is 0.000000156. The van der Waals surface area contributed by atoms with E-state index in [4.69, 9.17) is 13.7 Å². The van der Waals surface area contributed by atoms with E-state index in [1.165, 1.54) is 90.4 Å². The van der Waals surface area contributed by atoms with Gasteiger partial charge in [-0.2, -0.15) is 0 Å². The molecule has 20 heteroatoms. The molecular weight excluding hydrogens is 1460 g/mol. The minimum Gasteiger partial charge on any atom is -0.359 e. The summed E-state index contributed by atoms with van der Waals surface area (Å²) in [6.45, 7) is 50.8. The molecule has 0 fully saturated rings. The molecule has 10 aliphatic rings. The molecule has 0 spiro atoms. The topological polar surface area (TPSA) is 64.8 Å². The van der Waals surface area contributed by atoms with Gasteiger partial charge in [0.05, 0.1) is 0 Å². The van der Waals surface area contributed by atoms with Gasteiger partial charge < -0.3 is 98.0 Å². The first kappa shape index (κ1) is 75.0. The zero-order chi connectivity index (χ0) is 94.6. The lowest BCUT2D eigenvalue weighted by Crippen LogP contribution is -2.41. The molecule has 5 aromatic carbocycles. The van der Waals surface area contributed by atoms with Crippen molar-refractivity contribution in [2.24, 2.45) is 0 Å². The highest BCUT2D eigenvalue weighted by Gasteiger charge is 2.36. The Labute approximate surface area is 727 Å². The van der Waals surface area contributed by atoms with Gasteiger partial charge in [0.2, 0.25) is 0 Å². The average Bonchev–Trinajstić information content (AvgIpc) is 1.59. The van der Waals surface area contributed by atoms with Crippen molar-refractivity contribution in [2.45, 2.75) is 268 Å². The van der Waals surface area contributed by atoms with E-state index in [9.17, 15) is 0 Å². The molecule has 0 amide bonds. The first-order valence-corrected chi connectivity index (χ1v) is 42.6. The molecule has 10 heterocycles. The van der Waals surface area contributed by atoms with Gasteiger partial charge >= 0.3 is 0 Å². The normalized spacial score (nSPS) is 25.1. The van der Waals surface area contributed by atoms with Crippen LogP contribution in [0.3, 0.4) is 0 Å². The fourth-order valence-electron chi connectivity index (χ4n) is 17.6. The van der Waals surface area contributed by atoms with Gasteiger partial charge in [-0.15, -0.1) is 0 Å². The van der Waals surface area contributed by atoms with Crippen molar-refractivity contribution in [3.05, 3.63) is 240 Å². The zero-order valence-corrected chi connectivity index (χ0v) is 76.6. The summed E-state index contributed by atoms with van der Waals surface area (Å²) in [5, 5.41) is 0. The first-order chi connectivity index (χ1) is 59.8. The van der Waals surface area contributed by atoms with Crippen LogP contribution >= 0.6 is 0 Å². The molecule has 0 aromatic heterocycles. The molecule has 0 radical (unpaired) electrons. The van der Waals surface area contributed by atoms with Crippen LogP contribution in [0.5, 0.6) is 0 Å². The van der Waals surface area contributed by atoms with Crippen molar-refractivity contribution in [2.75, 3.05) is 103 Å². The summed E-state index contributed by atoms with van der Waals surface area (Å²) in [4.78, 5) is 42.9. The van der Waals surface area contributed by atoms with E-state index in [0.717, 1.165) is 58.1 Å². The summed E-state index contributed by atoms with van der Waals surface area (Å²) >= 11 is 0. The maximum Gasteiger partial charge on any atom is 0.103 e. The molecule has 10 aliphatic heterocycles. The van der Waals surface area contributed by atoms with Gasteiger partial charge in [-0.05, 0) is 310 Å². The van der Waals surface area contributed by atoms with Gasteiger partial charge in [0.25, 0.3) is 0 Å². The molecule has 0 N–H and O–H groups in total. The van der Waals surface area contributed by atoms with Crippen LogP contribution in [0.1, 0.15) is 194 Å². The Morgan fingerprint density at radius 3 is 0.636 bits per heavy atom. The summed E-state index contributed by atoms with van der Waals surface area (Å²) in [5.74, 6) is 0. The van der Waals surface area contributed by atoms with Crippen LogP contribution < -0.4 is 49.0 Å². The molecule has 0 aliphatic carbocycles. The average molecular weight is 1610 g/mol. The SMILES string of the molecule is CCN1C=CN(c2cc(C)cc(N3C=CN(CC)[C@@H]3C)c2C)[C@@H]1C.Cc1cc(N2C=CN(C(C)C)[C@@H]2C)c(C)c(N2C=CN(C(C)C)[C@H]2C)c1.Cc1cc(N2C=CN(C)[C@H]2C)c(C)c(N2C=CN(C)[C@@H]2C)c1.[2H]C([2H])(C)N1C=CN(c2cc(C)cc(N3C=CN(C([2H])([2H])C([2H])([2H])[2H])[C@@H]3C)c2C)[C@@H]1C.[2H]C([2H])([2H])N1C=CN(c2cc(C)cc(N3C=CN(C)[C@H]3C)c2C)[C@H]1C. The van der Waals surface area contributed by atoms with E-state index in [1.54, 1.807) is 30.4 Å². The fourth-order valence-corrected chi connectivity index (χ4v) is 17.6. The summed E-state index contributed by atoms with van der Waals surface area (Å²) in [6.07, 6.45) is 42.1. The van der Waals surface area contributed by atoms with E-state index in [-0.39, 0.29) is 18.5 Å². The molecular formula is C98H146N20. The molecule has 0 bridgehead atoms. The number of hydrogen-bond donors (Lipinski definition) is 0. The Hall–Kier alpha value is -10.5. The third-order valence-electron chi connectivity index (χ3n) is 25.6.